The number of fused-ring (bicyclic) bond motifs is 1. The smallest absolute Gasteiger partial charge is 0.242 e. The predicted octanol–water partition coefficient (Wildman–Crippen LogP) is 4.05. The molecule has 0 aliphatic heterocycles. The number of likely N-dealkylation sites (N-methyl/N-ethyl adjacent to an activating group) is 1. The van der Waals surface area contributed by atoms with Gasteiger partial charge in [0.15, 0.2) is 0 Å². The lowest BCUT2D eigenvalue weighted by Crippen LogP contribution is -2.36. The lowest BCUT2D eigenvalue weighted by Gasteiger charge is -2.24. The molecule has 158 valence electrons. The molecule has 1 aromatic heterocycles. The molecule has 6 nitrogen and oxygen atoms in total. The number of para-hydroxylation sites is 2. The average molecular weight is 399 g/mol. The van der Waals surface area contributed by atoms with Crippen LogP contribution in [0, 0.1) is 5.92 Å². The van der Waals surface area contributed by atoms with Crippen molar-refractivity contribution in [2.45, 2.75) is 71.4 Å². The zero-order valence-corrected chi connectivity index (χ0v) is 18.0. The third-order valence-corrected chi connectivity index (χ3v) is 5.97. The third-order valence-electron chi connectivity index (χ3n) is 5.97. The van der Waals surface area contributed by atoms with Crippen molar-refractivity contribution in [2.75, 3.05) is 13.6 Å². The van der Waals surface area contributed by atoms with E-state index in [4.69, 9.17) is 4.98 Å². The van der Waals surface area contributed by atoms with E-state index in [-0.39, 0.29) is 30.3 Å². The van der Waals surface area contributed by atoms with Crippen molar-refractivity contribution in [1.82, 2.24) is 19.8 Å². The van der Waals surface area contributed by atoms with E-state index in [0.717, 1.165) is 61.9 Å². The Morgan fingerprint density at radius 1 is 1.24 bits per heavy atom. The first-order valence-electron chi connectivity index (χ1n) is 11.0. The molecule has 2 aromatic rings. The number of carbonyl (C=O) groups excluding carboxylic acids is 2. The second kappa shape index (κ2) is 9.90. The first-order valence-corrected chi connectivity index (χ1v) is 11.0. The predicted molar refractivity (Wildman–Crippen MR) is 115 cm³/mol. The molecule has 1 N–H and O–H groups in total. The normalized spacial score (nSPS) is 16.0. The highest BCUT2D eigenvalue weighted by Gasteiger charge is 2.25. The minimum Gasteiger partial charge on any atom is -0.346 e. The van der Waals surface area contributed by atoms with Crippen LogP contribution < -0.4 is 5.32 Å². The zero-order valence-electron chi connectivity index (χ0n) is 18.0. The van der Waals surface area contributed by atoms with Crippen LogP contribution in [0.15, 0.2) is 24.3 Å². The number of aromatic nitrogens is 2. The number of unbranched alkanes of at least 4 members (excludes halogenated alkanes) is 1. The number of hydrogen-bond donors (Lipinski definition) is 1. The van der Waals surface area contributed by atoms with Crippen molar-refractivity contribution in [1.29, 1.82) is 0 Å². The second-order valence-electron chi connectivity index (χ2n) is 8.28. The molecule has 29 heavy (non-hydrogen) atoms. The lowest BCUT2D eigenvalue weighted by atomic mass is 9.88. The van der Waals surface area contributed by atoms with Crippen LogP contribution >= 0.6 is 0 Å². The van der Waals surface area contributed by atoms with Gasteiger partial charge in [0.25, 0.3) is 0 Å². The molecule has 2 amide bonds. The Balaban J connectivity index is 1.80. The summed E-state index contributed by atoms with van der Waals surface area (Å²) in [4.78, 5) is 32.1. The van der Waals surface area contributed by atoms with Gasteiger partial charge in [-0.3, -0.25) is 9.59 Å². The molecule has 1 unspecified atom stereocenters. The summed E-state index contributed by atoms with van der Waals surface area (Å²) in [7, 11) is 1.85. The van der Waals surface area contributed by atoms with E-state index in [2.05, 4.69) is 12.2 Å². The summed E-state index contributed by atoms with van der Waals surface area (Å²) in [6, 6.07) is 7.60. The molecule has 1 saturated carbocycles. The van der Waals surface area contributed by atoms with Gasteiger partial charge in [-0.2, -0.15) is 0 Å². The van der Waals surface area contributed by atoms with Crippen LogP contribution in [0.25, 0.3) is 11.0 Å². The molecular weight excluding hydrogens is 364 g/mol. The Bertz CT molecular complexity index is 839. The van der Waals surface area contributed by atoms with Crippen LogP contribution in [0.5, 0.6) is 0 Å². The molecule has 0 radical (unpaired) electrons. The van der Waals surface area contributed by atoms with E-state index in [0.29, 0.717) is 0 Å². The largest absolute Gasteiger partial charge is 0.346 e. The zero-order chi connectivity index (χ0) is 20.8. The van der Waals surface area contributed by atoms with E-state index in [9.17, 15) is 9.59 Å². The Kier molecular flexibility index (Phi) is 7.29. The molecule has 0 bridgehead atoms. The van der Waals surface area contributed by atoms with Crippen LogP contribution in [0.2, 0.25) is 0 Å². The second-order valence-corrected chi connectivity index (χ2v) is 8.28. The molecule has 6 heteroatoms. The molecule has 1 fully saturated rings. The summed E-state index contributed by atoms with van der Waals surface area (Å²) < 4.78 is 1.96. The van der Waals surface area contributed by atoms with Gasteiger partial charge in [0, 0.05) is 19.5 Å². The fourth-order valence-corrected chi connectivity index (χ4v) is 4.13. The number of nitrogens with one attached hydrogen (secondary N) is 1. The summed E-state index contributed by atoms with van der Waals surface area (Å²) in [6.45, 7) is 5.07. The number of rotatable bonds is 8. The highest BCUT2D eigenvalue weighted by atomic mass is 16.2. The maximum atomic E-state index is 12.8. The van der Waals surface area contributed by atoms with E-state index in [1.54, 1.807) is 4.90 Å². The molecule has 1 atom stereocenters. The Morgan fingerprint density at radius 3 is 2.69 bits per heavy atom. The molecule has 0 saturated heterocycles. The average Bonchev–Trinajstić information content (AvgIpc) is 3.11. The Morgan fingerprint density at radius 2 is 1.97 bits per heavy atom. The van der Waals surface area contributed by atoms with Crippen molar-refractivity contribution < 1.29 is 9.59 Å². The summed E-state index contributed by atoms with van der Waals surface area (Å²) in [5.41, 5.74) is 1.78. The highest BCUT2D eigenvalue weighted by Crippen LogP contribution is 2.26. The molecule has 0 spiro atoms. The maximum Gasteiger partial charge on any atom is 0.242 e. The molecule has 1 heterocycles. The lowest BCUT2D eigenvalue weighted by molar-refractivity contribution is -0.130. The van der Waals surface area contributed by atoms with E-state index < -0.39 is 0 Å². The van der Waals surface area contributed by atoms with Gasteiger partial charge in [-0.05, 0) is 38.3 Å². The van der Waals surface area contributed by atoms with E-state index >= 15 is 0 Å². The van der Waals surface area contributed by atoms with E-state index in [1.807, 2.05) is 42.8 Å². The number of carbonyl (C=O) groups is 2. The molecule has 3 rings (SSSR count). The van der Waals surface area contributed by atoms with Gasteiger partial charge in [0.05, 0.1) is 17.1 Å². The minimum absolute atomic E-state index is 0.0636. The van der Waals surface area contributed by atoms with Gasteiger partial charge < -0.3 is 14.8 Å². The summed E-state index contributed by atoms with van der Waals surface area (Å²) in [6.07, 6.45) is 7.47. The number of nitrogens with zero attached hydrogens (tertiary/aromatic N) is 3. The number of amides is 2. The monoisotopic (exact) mass is 398 g/mol. The van der Waals surface area contributed by atoms with Crippen molar-refractivity contribution in [3.05, 3.63) is 30.1 Å². The van der Waals surface area contributed by atoms with Gasteiger partial charge in [-0.1, -0.05) is 44.7 Å². The van der Waals surface area contributed by atoms with Crippen LogP contribution in [-0.2, 0) is 16.1 Å². The van der Waals surface area contributed by atoms with Crippen LogP contribution in [-0.4, -0.2) is 39.9 Å². The van der Waals surface area contributed by atoms with Crippen molar-refractivity contribution >= 4 is 22.8 Å². The van der Waals surface area contributed by atoms with E-state index in [1.165, 1.54) is 6.42 Å². The van der Waals surface area contributed by atoms with Gasteiger partial charge >= 0.3 is 0 Å². The van der Waals surface area contributed by atoms with Crippen molar-refractivity contribution in [3.63, 3.8) is 0 Å². The number of imidazole rings is 1. The summed E-state index contributed by atoms with van der Waals surface area (Å²) >= 11 is 0. The molecular formula is C23H34N4O2. The summed E-state index contributed by atoms with van der Waals surface area (Å²) in [5.74, 6) is 1.02. The van der Waals surface area contributed by atoms with Crippen LogP contribution in [0.4, 0.5) is 0 Å². The third kappa shape index (κ3) is 5.17. The van der Waals surface area contributed by atoms with Gasteiger partial charge in [-0.15, -0.1) is 0 Å². The van der Waals surface area contributed by atoms with Gasteiger partial charge in [0.1, 0.15) is 12.4 Å². The number of hydrogen-bond acceptors (Lipinski definition) is 3. The molecule has 1 aromatic carbocycles. The van der Waals surface area contributed by atoms with Crippen LogP contribution in [0.1, 0.15) is 70.7 Å². The quantitative estimate of drug-likeness (QED) is 0.729. The van der Waals surface area contributed by atoms with Crippen molar-refractivity contribution in [2.24, 2.45) is 5.92 Å². The van der Waals surface area contributed by atoms with Gasteiger partial charge in [0.2, 0.25) is 11.8 Å². The minimum atomic E-state index is -0.245. The van der Waals surface area contributed by atoms with Crippen LogP contribution in [0.3, 0.4) is 0 Å². The highest BCUT2D eigenvalue weighted by molar-refractivity contribution is 5.82. The first-order chi connectivity index (χ1) is 14.0. The fourth-order valence-electron chi connectivity index (χ4n) is 4.13. The first kappa shape index (κ1) is 21.3. The van der Waals surface area contributed by atoms with Crippen molar-refractivity contribution in [3.8, 4) is 0 Å². The summed E-state index contributed by atoms with van der Waals surface area (Å²) in [5, 5.41) is 3.16. The standard InChI is InChI=1S/C23H34N4O2/c1-4-5-15-26(3)21(28)16-27-20-14-10-9-13-19(20)25-22(27)17(2)24-23(29)18-11-7-6-8-12-18/h9-10,13-14,17-18H,4-8,11-12,15-16H2,1-3H3,(H,24,29). The maximum absolute atomic E-state index is 12.8. The Hall–Kier alpha value is -2.37. The SMILES string of the molecule is CCCCN(C)C(=O)Cn1c(C(C)NC(=O)C2CCCCC2)nc2ccccc21. The molecule has 1 aliphatic rings. The number of benzene rings is 1. The Labute approximate surface area is 173 Å². The molecule has 1 aliphatic carbocycles. The topological polar surface area (TPSA) is 67.2 Å². The fraction of sp³-hybridized carbons (Fsp3) is 0.609. The van der Waals surface area contributed by atoms with Gasteiger partial charge in [-0.25, -0.2) is 4.98 Å².